The number of hydrogen-bond donors (Lipinski definition) is 0. The molecule has 0 bridgehead atoms. The lowest BCUT2D eigenvalue weighted by atomic mass is 10.1. The molecule has 0 unspecified atom stereocenters. The second-order valence-corrected chi connectivity index (χ2v) is 9.16. The van der Waals surface area contributed by atoms with Crippen LogP contribution < -0.4 is 14.2 Å². The smallest absolute Gasteiger partial charge is 0.335 e. The van der Waals surface area contributed by atoms with E-state index >= 15 is 0 Å². The van der Waals surface area contributed by atoms with Gasteiger partial charge in [0.05, 0.1) is 39.7 Å². The van der Waals surface area contributed by atoms with E-state index in [4.69, 9.17) is 23.3 Å². The van der Waals surface area contributed by atoms with E-state index < -0.39 is 7.60 Å². The van der Waals surface area contributed by atoms with Crippen molar-refractivity contribution in [1.29, 1.82) is 0 Å². The van der Waals surface area contributed by atoms with Gasteiger partial charge in [-0.1, -0.05) is 36.4 Å². The molecule has 0 aliphatic rings. The second-order valence-electron chi connectivity index (χ2n) is 7.10. The van der Waals surface area contributed by atoms with Gasteiger partial charge in [0.25, 0.3) is 0 Å². The molecular formula is C24H33O6P. The minimum atomic E-state index is -3.11. The monoisotopic (exact) mass is 448 g/mol. The summed E-state index contributed by atoms with van der Waals surface area (Å²) in [6.07, 6.45) is 4.23. The number of rotatable bonds is 12. The third kappa shape index (κ3) is 7.42. The van der Waals surface area contributed by atoms with Crippen LogP contribution in [0.5, 0.6) is 17.2 Å². The molecule has 0 radical (unpaired) electrons. The summed E-state index contributed by atoms with van der Waals surface area (Å²) in [5.41, 5.74) is 2.83. The summed E-state index contributed by atoms with van der Waals surface area (Å²) >= 11 is 0. The highest BCUT2D eigenvalue weighted by Gasteiger charge is 2.23. The fraction of sp³-hybridized carbons (Fsp3) is 0.417. The molecule has 0 spiro atoms. The zero-order valence-electron chi connectivity index (χ0n) is 19.2. The number of ether oxygens (including phenoxy) is 3. The number of methoxy groups -OCH3 is 2. The number of hydrogen-bond acceptors (Lipinski definition) is 6. The fourth-order valence-electron chi connectivity index (χ4n) is 3.02. The van der Waals surface area contributed by atoms with Gasteiger partial charge in [-0.2, -0.15) is 0 Å². The van der Waals surface area contributed by atoms with Crippen molar-refractivity contribution in [3.05, 3.63) is 53.1 Å². The van der Waals surface area contributed by atoms with Gasteiger partial charge >= 0.3 is 7.60 Å². The predicted octanol–water partition coefficient (Wildman–Crippen LogP) is 6.43. The van der Waals surface area contributed by atoms with E-state index in [0.717, 1.165) is 16.7 Å². The van der Waals surface area contributed by atoms with E-state index in [0.29, 0.717) is 30.5 Å². The molecule has 170 valence electrons. The summed E-state index contributed by atoms with van der Waals surface area (Å²) in [6.45, 7) is 8.24. The molecular weight excluding hydrogens is 415 g/mol. The molecule has 0 saturated heterocycles. The number of benzene rings is 2. The first-order valence-corrected chi connectivity index (χ1v) is 12.1. The Morgan fingerprint density at radius 3 is 1.84 bits per heavy atom. The van der Waals surface area contributed by atoms with Crippen molar-refractivity contribution in [3.63, 3.8) is 0 Å². The Labute approximate surface area is 185 Å². The van der Waals surface area contributed by atoms with E-state index in [-0.39, 0.29) is 12.3 Å². The molecule has 2 rings (SSSR count). The van der Waals surface area contributed by atoms with Crippen LogP contribution in [0, 0.1) is 0 Å². The molecule has 0 aromatic heterocycles. The maximum Gasteiger partial charge on any atom is 0.335 e. The van der Waals surface area contributed by atoms with Gasteiger partial charge in [0.1, 0.15) is 0 Å². The van der Waals surface area contributed by atoms with Gasteiger partial charge in [0.15, 0.2) is 11.5 Å². The fourth-order valence-corrected chi connectivity index (χ4v) is 4.72. The quantitative estimate of drug-likeness (QED) is 0.275. The Morgan fingerprint density at radius 2 is 1.39 bits per heavy atom. The first-order chi connectivity index (χ1) is 14.8. The van der Waals surface area contributed by atoms with Crippen molar-refractivity contribution >= 4 is 19.7 Å². The van der Waals surface area contributed by atoms with Crippen molar-refractivity contribution in [2.75, 3.05) is 27.4 Å². The normalized spacial score (nSPS) is 11.8. The lowest BCUT2D eigenvalue weighted by Gasteiger charge is -2.17. The molecule has 2 aromatic carbocycles. The maximum absolute atomic E-state index is 12.7. The molecule has 6 nitrogen and oxygen atoms in total. The molecule has 31 heavy (non-hydrogen) atoms. The van der Waals surface area contributed by atoms with Crippen LogP contribution in [-0.4, -0.2) is 33.5 Å². The van der Waals surface area contributed by atoms with Crippen LogP contribution in [0.15, 0.2) is 36.4 Å². The summed E-state index contributed by atoms with van der Waals surface area (Å²) in [5.74, 6) is 1.82. The van der Waals surface area contributed by atoms with Crippen LogP contribution in [0.1, 0.15) is 44.4 Å². The maximum atomic E-state index is 12.7. The van der Waals surface area contributed by atoms with E-state index in [9.17, 15) is 4.57 Å². The van der Waals surface area contributed by atoms with Crippen molar-refractivity contribution in [2.45, 2.75) is 40.0 Å². The average Bonchev–Trinajstić information content (AvgIpc) is 2.73. The highest BCUT2D eigenvalue weighted by Crippen LogP contribution is 2.51. The SMILES string of the molecule is CCOP(=O)(Cc1ccc(/C=C/c2cc(OC)c(OC(C)C)c(OC)c2)cc1)OCC. The molecule has 0 atom stereocenters. The van der Waals surface area contributed by atoms with Crippen LogP contribution in [-0.2, 0) is 19.8 Å². The lowest BCUT2D eigenvalue weighted by molar-refractivity contribution is 0.218. The summed E-state index contributed by atoms with van der Waals surface area (Å²) < 4.78 is 40.3. The first kappa shape index (κ1) is 25.0. The van der Waals surface area contributed by atoms with Gasteiger partial charge in [-0.15, -0.1) is 0 Å². The summed E-state index contributed by atoms with van der Waals surface area (Å²) in [4.78, 5) is 0. The van der Waals surface area contributed by atoms with Crippen LogP contribution in [0.3, 0.4) is 0 Å². The molecule has 0 amide bonds. The van der Waals surface area contributed by atoms with Crippen molar-refractivity contribution in [3.8, 4) is 17.2 Å². The van der Waals surface area contributed by atoms with E-state index in [2.05, 4.69) is 0 Å². The summed E-state index contributed by atoms with van der Waals surface area (Å²) in [6, 6.07) is 11.6. The molecule has 7 heteroatoms. The molecule has 0 aliphatic carbocycles. The van der Waals surface area contributed by atoms with Crippen molar-refractivity contribution in [1.82, 2.24) is 0 Å². The second kappa shape index (κ2) is 11.9. The Bertz CT molecular complexity index is 870. The molecule has 0 N–H and O–H groups in total. The Hall–Kier alpha value is -2.27. The highest BCUT2D eigenvalue weighted by molar-refractivity contribution is 7.53. The highest BCUT2D eigenvalue weighted by atomic mass is 31.2. The predicted molar refractivity (Wildman–Crippen MR) is 125 cm³/mol. The average molecular weight is 448 g/mol. The van der Waals surface area contributed by atoms with E-state index in [1.165, 1.54) is 0 Å². The largest absolute Gasteiger partial charge is 0.493 e. The van der Waals surface area contributed by atoms with E-state index in [1.807, 2.05) is 76.2 Å². The Morgan fingerprint density at radius 1 is 0.871 bits per heavy atom. The molecule has 0 aliphatic heterocycles. The minimum absolute atomic E-state index is 0.00321. The van der Waals surface area contributed by atoms with Crippen LogP contribution in [0.4, 0.5) is 0 Å². The zero-order chi connectivity index (χ0) is 22.9. The standard InChI is InChI=1S/C24H33O6P/c1-7-28-31(25,29-8-2)17-20-12-9-19(10-13-20)11-14-21-15-22(26-5)24(30-18(3)4)23(16-21)27-6/h9-16,18H,7-8,17H2,1-6H3/b14-11+. The zero-order valence-corrected chi connectivity index (χ0v) is 20.1. The Balaban J connectivity index is 2.19. The first-order valence-electron chi connectivity index (χ1n) is 10.4. The summed E-state index contributed by atoms with van der Waals surface area (Å²) in [5, 5.41) is 0. The Kier molecular flexibility index (Phi) is 9.63. The molecule has 0 saturated carbocycles. The minimum Gasteiger partial charge on any atom is -0.493 e. The van der Waals surface area contributed by atoms with Crippen molar-refractivity contribution < 1.29 is 27.8 Å². The van der Waals surface area contributed by atoms with Gasteiger partial charge in [0.2, 0.25) is 5.75 Å². The topological polar surface area (TPSA) is 63.2 Å². The molecule has 0 heterocycles. The van der Waals surface area contributed by atoms with Gasteiger partial charge < -0.3 is 23.3 Å². The molecule has 2 aromatic rings. The van der Waals surface area contributed by atoms with Gasteiger partial charge in [-0.25, -0.2) is 0 Å². The van der Waals surface area contributed by atoms with Crippen LogP contribution >= 0.6 is 7.60 Å². The van der Waals surface area contributed by atoms with Gasteiger partial charge in [-0.3, -0.25) is 4.57 Å². The van der Waals surface area contributed by atoms with Crippen LogP contribution in [0.25, 0.3) is 12.2 Å². The van der Waals surface area contributed by atoms with Gasteiger partial charge in [0, 0.05) is 0 Å². The van der Waals surface area contributed by atoms with Crippen molar-refractivity contribution in [2.24, 2.45) is 0 Å². The van der Waals surface area contributed by atoms with Gasteiger partial charge in [-0.05, 0) is 56.5 Å². The summed E-state index contributed by atoms with van der Waals surface area (Å²) in [7, 11) is 0.106. The molecule has 0 fully saturated rings. The van der Waals surface area contributed by atoms with E-state index in [1.54, 1.807) is 14.2 Å². The van der Waals surface area contributed by atoms with Crippen LogP contribution in [0.2, 0.25) is 0 Å². The third-order valence-electron chi connectivity index (χ3n) is 4.31. The lowest BCUT2D eigenvalue weighted by Crippen LogP contribution is -2.08. The third-order valence-corrected chi connectivity index (χ3v) is 6.37.